The molecule has 1 aromatic rings. The first-order chi connectivity index (χ1) is 5.61. The summed E-state index contributed by atoms with van der Waals surface area (Å²) < 4.78 is 1.98. The highest BCUT2D eigenvalue weighted by molar-refractivity contribution is 5.65. The number of carbonyl (C=O) groups excluding carboxylic acids is 1. The number of aldehydes is 1. The Morgan fingerprint density at radius 1 is 1.67 bits per heavy atom. The third kappa shape index (κ3) is 1.40. The molecule has 12 heavy (non-hydrogen) atoms. The fourth-order valence-corrected chi connectivity index (χ4v) is 1.17. The van der Waals surface area contributed by atoms with Crippen LogP contribution in [0, 0.1) is 0 Å². The first-order valence-corrected chi connectivity index (χ1v) is 4.08. The summed E-state index contributed by atoms with van der Waals surface area (Å²) in [6, 6.07) is 0. The molecular weight excluding hydrogens is 152 g/mol. The molecule has 1 aromatic heterocycles. The van der Waals surface area contributed by atoms with Crippen LogP contribution in [-0.4, -0.2) is 15.8 Å². The van der Waals surface area contributed by atoms with Crippen LogP contribution in [0.1, 0.15) is 26.5 Å². The van der Waals surface area contributed by atoms with Crippen molar-refractivity contribution in [3.05, 3.63) is 18.2 Å². The normalized spacial score (nSPS) is 11.6. The largest absolute Gasteiger partial charge is 0.334 e. The molecule has 0 atom stereocenters. The second-order valence-corrected chi connectivity index (χ2v) is 3.40. The number of hydrogen-bond acceptors (Lipinski definition) is 2. The highest BCUT2D eigenvalue weighted by atomic mass is 16.1. The van der Waals surface area contributed by atoms with Crippen molar-refractivity contribution in [2.24, 2.45) is 0 Å². The van der Waals surface area contributed by atoms with Gasteiger partial charge in [0.1, 0.15) is 6.29 Å². The third-order valence-corrected chi connectivity index (χ3v) is 2.01. The number of nitrogens with zero attached hydrogens (tertiary/aromatic N) is 2. The van der Waals surface area contributed by atoms with E-state index < -0.39 is 5.41 Å². The van der Waals surface area contributed by atoms with Crippen LogP contribution < -0.4 is 0 Å². The number of aryl methyl sites for hydroxylation is 1. The van der Waals surface area contributed by atoms with E-state index in [1.54, 1.807) is 12.5 Å². The van der Waals surface area contributed by atoms with E-state index in [0.717, 1.165) is 18.5 Å². The van der Waals surface area contributed by atoms with E-state index in [-0.39, 0.29) is 0 Å². The number of imidazole rings is 1. The molecule has 0 aliphatic rings. The maximum atomic E-state index is 10.8. The van der Waals surface area contributed by atoms with Crippen molar-refractivity contribution in [3.63, 3.8) is 0 Å². The minimum Gasteiger partial charge on any atom is -0.334 e. The smallest absolute Gasteiger partial charge is 0.131 e. The molecule has 0 aliphatic heterocycles. The Morgan fingerprint density at radius 2 is 2.33 bits per heavy atom. The minimum atomic E-state index is -0.424. The summed E-state index contributed by atoms with van der Waals surface area (Å²) in [5, 5.41) is 0. The predicted octanol–water partition coefficient (Wildman–Crippen LogP) is 1.38. The van der Waals surface area contributed by atoms with Gasteiger partial charge in [-0.25, -0.2) is 4.98 Å². The molecule has 0 amide bonds. The molecule has 0 bridgehead atoms. The maximum absolute atomic E-state index is 10.8. The highest BCUT2D eigenvalue weighted by Gasteiger charge is 2.22. The van der Waals surface area contributed by atoms with Gasteiger partial charge in [0.05, 0.1) is 11.7 Å². The van der Waals surface area contributed by atoms with E-state index in [4.69, 9.17) is 0 Å². The standard InChI is InChI=1S/C9H14N2O/c1-4-11-7-10-5-8(11)9(2,3)6-12/h5-7H,4H2,1-3H3. The average molecular weight is 166 g/mol. The van der Waals surface area contributed by atoms with Gasteiger partial charge in [-0.05, 0) is 20.8 Å². The molecule has 3 nitrogen and oxygen atoms in total. The van der Waals surface area contributed by atoms with E-state index in [0.29, 0.717) is 0 Å². The van der Waals surface area contributed by atoms with Crippen molar-refractivity contribution < 1.29 is 4.79 Å². The Bertz CT molecular complexity index is 276. The Hall–Kier alpha value is -1.12. The maximum Gasteiger partial charge on any atom is 0.131 e. The van der Waals surface area contributed by atoms with Crippen LogP contribution >= 0.6 is 0 Å². The van der Waals surface area contributed by atoms with Crippen LogP contribution in [-0.2, 0) is 16.8 Å². The predicted molar refractivity (Wildman–Crippen MR) is 47.0 cm³/mol. The zero-order valence-electron chi connectivity index (χ0n) is 7.74. The topological polar surface area (TPSA) is 34.9 Å². The van der Waals surface area contributed by atoms with Gasteiger partial charge in [0.2, 0.25) is 0 Å². The molecule has 0 aliphatic carbocycles. The molecule has 0 fully saturated rings. The van der Waals surface area contributed by atoms with E-state index in [1.807, 2.05) is 25.3 Å². The van der Waals surface area contributed by atoms with Crippen molar-refractivity contribution in [3.8, 4) is 0 Å². The lowest BCUT2D eigenvalue weighted by molar-refractivity contribution is -0.111. The van der Waals surface area contributed by atoms with E-state index in [2.05, 4.69) is 4.98 Å². The minimum absolute atomic E-state index is 0.424. The van der Waals surface area contributed by atoms with Crippen LogP contribution in [0.5, 0.6) is 0 Å². The molecule has 0 aromatic carbocycles. The molecule has 0 unspecified atom stereocenters. The molecule has 0 spiro atoms. The molecule has 3 heteroatoms. The lowest BCUT2D eigenvalue weighted by Crippen LogP contribution is -2.22. The summed E-state index contributed by atoms with van der Waals surface area (Å²) in [4.78, 5) is 14.8. The molecule has 0 N–H and O–H groups in total. The lowest BCUT2D eigenvalue weighted by Gasteiger charge is -2.17. The summed E-state index contributed by atoms with van der Waals surface area (Å²) in [6.07, 6.45) is 4.45. The fraction of sp³-hybridized carbons (Fsp3) is 0.556. The van der Waals surface area contributed by atoms with Crippen LogP contribution in [0.4, 0.5) is 0 Å². The van der Waals surface area contributed by atoms with Gasteiger partial charge in [0.25, 0.3) is 0 Å². The molecule has 1 heterocycles. The van der Waals surface area contributed by atoms with Crippen LogP contribution in [0.15, 0.2) is 12.5 Å². The van der Waals surface area contributed by atoms with Gasteiger partial charge in [-0.3, -0.25) is 0 Å². The van der Waals surface area contributed by atoms with Crippen LogP contribution in [0.2, 0.25) is 0 Å². The molecule has 0 saturated heterocycles. The van der Waals surface area contributed by atoms with Crippen LogP contribution in [0.25, 0.3) is 0 Å². The van der Waals surface area contributed by atoms with Gasteiger partial charge >= 0.3 is 0 Å². The number of aromatic nitrogens is 2. The molecule has 66 valence electrons. The van der Waals surface area contributed by atoms with Gasteiger partial charge in [0, 0.05) is 18.4 Å². The Labute approximate surface area is 72.4 Å². The quantitative estimate of drug-likeness (QED) is 0.636. The van der Waals surface area contributed by atoms with Crippen molar-refractivity contribution in [2.75, 3.05) is 0 Å². The highest BCUT2D eigenvalue weighted by Crippen LogP contribution is 2.19. The van der Waals surface area contributed by atoms with E-state index in [1.165, 1.54) is 0 Å². The molecule has 1 rings (SSSR count). The Morgan fingerprint density at radius 3 is 2.83 bits per heavy atom. The lowest BCUT2D eigenvalue weighted by atomic mass is 9.92. The molecule has 0 radical (unpaired) electrons. The second kappa shape index (κ2) is 3.09. The molecular formula is C9H14N2O. The summed E-state index contributed by atoms with van der Waals surface area (Å²) >= 11 is 0. The van der Waals surface area contributed by atoms with Crippen molar-refractivity contribution in [2.45, 2.75) is 32.7 Å². The van der Waals surface area contributed by atoms with Crippen molar-refractivity contribution >= 4 is 6.29 Å². The SMILES string of the molecule is CCn1cncc1C(C)(C)C=O. The second-order valence-electron chi connectivity index (χ2n) is 3.40. The number of hydrogen-bond donors (Lipinski definition) is 0. The van der Waals surface area contributed by atoms with Crippen molar-refractivity contribution in [1.82, 2.24) is 9.55 Å². The van der Waals surface area contributed by atoms with Crippen LogP contribution in [0.3, 0.4) is 0 Å². The van der Waals surface area contributed by atoms with Gasteiger partial charge in [0.15, 0.2) is 0 Å². The Balaban J connectivity index is 3.08. The van der Waals surface area contributed by atoms with Gasteiger partial charge in [-0.2, -0.15) is 0 Å². The average Bonchev–Trinajstić information content (AvgIpc) is 2.52. The first-order valence-electron chi connectivity index (χ1n) is 4.08. The number of carbonyl (C=O) groups is 1. The fourth-order valence-electron chi connectivity index (χ4n) is 1.17. The monoisotopic (exact) mass is 166 g/mol. The molecule has 0 saturated carbocycles. The van der Waals surface area contributed by atoms with E-state index >= 15 is 0 Å². The zero-order chi connectivity index (χ0) is 9.19. The Kier molecular flexibility index (Phi) is 2.31. The summed E-state index contributed by atoms with van der Waals surface area (Å²) in [5.41, 5.74) is 0.548. The van der Waals surface area contributed by atoms with Crippen molar-refractivity contribution in [1.29, 1.82) is 0 Å². The zero-order valence-corrected chi connectivity index (χ0v) is 7.74. The summed E-state index contributed by atoms with van der Waals surface area (Å²) in [6.45, 7) is 6.67. The van der Waals surface area contributed by atoms with Gasteiger partial charge < -0.3 is 9.36 Å². The van der Waals surface area contributed by atoms with Gasteiger partial charge in [-0.1, -0.05) is 0 Å². The van der Waals surface area contributed by atoms with Gasteiger partial charge in [-0.15, -0.1) is 0 Å². The summed E-state index contributed by atoms with van der Waals surface area (Å²) in [7, 11) is 0. The van der Waals surface area contributed by atoms with E-state index in [9.17, 15) is 4.79 Å². The first kappa shape index (κ1) is 8.97. The third-order valence-electron chi connectivity index (χ3n) is 2.01. The number of rotatable bonds is 3. The summed E-state index contributed by atoms with van der Waals surface area (Å²) in [5.74, 6) is 0.